The van der Waals surface area contributed by atoms with Crippen LogP contribution in [0.25, 0.3) is 0 Å². The molecule has 3 rings (SSSR count). The minimum Gasteiger partial charge on any atom is -0.492 e. The van der Waals surface area contributed by atoms with E-state index in [4.69, 9.17) is 4.74 Å². The number of hydrogen-bond acceptors (Lipinski definition) is 3. The smallest absolute Gasteiger partial charge is 0.257 e. The minimum atomic E-state index is 0.125. The molecule has 1 aromatic rings. The molecule has 26 heavy (non-hydrogen) atoms. The van der Waals surface area contributed by atoms with Gasteiger partial charge >= 0.3 is 0 Å². The average molecular weight is 359 g/mol. The Hall–Kier alpha value is -1.55. The summed E-state index contributed by atoms with van der Waals surface area (Å²) in [5.74, 6) is 2.14. The van der Waals surface area contributed by atoms with E-state index in [0.29, 0.717) is 18.6 Å². The van der Waals surface area contributed by atoms with Gasteiger partial charge in [0.25, 0.3) is 5.91 Å². The number of nitrogens with zero attached hydrogens (tertiary/aromatic N) is 2. The van der Waals surface area contributed by atoms with Crippen LogP contribution in [0.15, 0.2) is 24.3 Å². The predicted molar refractivity (Wildman–Crippen MR) is 106 cm³/mol. The summed E-state index contributed by atoms with van der Waals surface area (Å²) in [7, 11) is 0. The molecular formula is C22H34N2O2. The van der Waals surface area contributed by atoms with Crippen LogP contribution in [-0.2, 0) is 0 Å². The van der Waals surface area contributed by atoms with Crippen molar-refractivity contribution in [3.05, 3.63) is 29.8 Å². The molecule has 1 aromatic carbocycles. The van der Waals surface area contributed by atoms with Crippen LogP contribution < -0.4 is 4.74 Å². The molecule has 0 aromatic heterocycles. The molecule has 2 saturated heterocycles. The molecule has 4 nitrogen and oxygen atoms in total. The van der Waals surface area contributed by atoms with Gasteiger partial charge in [0, 0.05) is 31.6 Å². The first-order valence-electron chi connectivity index (χ1n) is 10.3. The Morgan fingerprint density at radius 2 is 1.88 bits per heavy atom. The SMILES string of the molecule is CC1CCN(C(=O)c2ccccc2OCC2CCCN(C(C)C)C2)CC1. The molecule has 4 heteroatoms. The van der Waals surface area contributed by atoms with Crippen LogP contribution >= 0.6 is 0 Å². The zero-order valence-corrected chi connectivity index (χ0v) is 16.6. The maximum atomic E-state index is 13.0. The standard InChI is InChI=1S/C22H34N2O2/c1-17(2)24-12-6-7-19(15-24)16-26-21-9-5-4-8-20(21)22(25)23-13-10-18(3)11-14-23/h4-5,8-9,17-19H,6-7,10-16H2,1-3H3. The average Bonchev–Trinajstić information content (AvgIpc) is 2.67. The molecule has 0 spiro atoms. The first kappa shape index (κ1) is 19.2. The number of hydrogen-bond donors (Lipinski definition) is 0. The zero-order valence-electron chi connectivity index (χ0n) is 16.6. The second-order valence-corrected chi connectivity index (χ2v) is 8.38. The lowest BCUT2D eigenvalue weighted by Gasteiger charge is -2.35. The summed E-state index contributed by atoms with van der Waals surface area (Å²) < 4.78 is 6.16. The monoisotopic (exact) mass is 358 g/mol. The van der Waals surface area contributed by atoms with E-state index < -0.39 is 0 Å². The third-order valence-electron chi connectivity index (χ3n) is 5.94. The van der Waals surface area contributed by atoms with Gasteiger partial charge in [0.15, 0.2) is 0 Å². The molecule has 1 atom stereocenters. The summed E-state index contributed by atoms with van der Waals surface area (Å²) in [6.07, 6.45) is 4.64. The first-order valence-corrected chi connectivity index (χ1v) is 10.3. The van der Waals surface area contributed by atoms with Crippen molar-refractivity contribution in [1.29, 1.82) is 0 Å². The number of carbonyl (C=O) groups is 1. The van der Waals surface area contributed by atoms with E-state index in [-0.39, 0.29) is 5.91 Å². The fourth-order valence-corrected chi connectivity index (χ4v) is 4.06. The lowest BCUT2D eigenvalue weighted by atomic mass is 9.97. The fourth-order valence-electron chi connectivity index (χ4n) is 4.06. The highest BCUT2D eigenvalue weighted by atomic mass is 16.5. The van der Waals surface area contributed by atoms with Crippen LogP contribution in [0.4, 0.5) is 0 Å². The molecule has 2 fully saturated rings. The van der Waals surface area contributed by atoms with Crippen molar-refractivity contribution in [3.8, 4) is 5.75 Å². The second-order valence-electron chi connectivity index (χ2n) is 8.38. The molecule has 2 heterocycles. The van der Waals surface area contributed by atoms with Crippen molar-refractivity contribution in [3.63, 3.8) is 0 Å². The largest absolute Gasteiger partial charge is 0.492 e. The van der Waals surface area contributed by atoms with Gasteiger partial charge in [-0.3, -0.25) is 4.79 Å². The van der Waals surface area contributed by atoms with Crippen molar-refractivity contribution < 1.29 is 9.53 Å². The van der Waals surface area contributed by atoms with Gasteiger partial charge in [-0.05, 0) is 64.1 Å². The van der Waals surface area contributed by atoms with Crippen molar-refractivity contribution >= 4 is 5.91 Å². The van der Waals surface area contributed by atoms with Gasteiger partial charge < -0.3 is 14.5 Å². The molecule has 2 aliphatic heterocycles. The number of likely N-dealkylation sites (tertiary alicyclic amines) is 2. The van der Waals surface area contributed by atoms with E-state index in [9.17, 15) is 4.79 Å². The lowest BCUT2D eigenvalue weighted by molar-refractivity contribution is 0.0688. The Kier molecular flexibility index (Phi) is 6.58. The van der Waals surface area contributed by atoms with Gasteiger partial charge in [0.1, 0.15) is 5.75 Å². The van der Waals surface area contributed by atoms with Gasteiger partial charge in [-0.1, -0.05) is 19.1 Å². The quantitative estimate of drug-likeness (QED) is 0.796. The number of rotatable bonds is 5. The molecule has 1 amide bonds. The summed E-state index contributed by atoms with van der Waals surface area (Å²) >= 11 is 0. The number of benzene rings is 1. The van der Waals surface area contributed by atoms with Crippen LogP contribution in [0.1, 0.15) is 56.8 Å². The molecule has 0 N–H and O–H groups in total. The molecule has 0 saturated carbocycles. The molecule has 2 aliphatic rings. The van der Waals surface area contributed by atoms with Gasteiger partial charge in [0.05, 0.1) is 12.2 Å². The van der Waals surface area contributed by atoms with Gasteiger partial charge in [-0.2, -0.15) is 0 Å². The van der Waals surface area contributed by atoms with Crippen molar-refractivity contribution in [2.75, 3.05) is 32.8 Å². The van der Waals surface area contributed by atoms with E-state index in [1.165, 1.54) is 19.4 Å². The topological polar surface area (TPSA) is 32.8 Å². The highest BCUT2D eigenvalue weighted by Crippen LogP contribution is 2.25. The number of amides is 1. The number of ether oxygens (including phenoxy) is 1. The summed E-state index contributed by atoms with van der Waals surface area (Å²) in [5.41, 5.74) is 0.721. The highest BCUT2D eigenvalue weighted by Gasteiger charge is 2.25. The van der Waals surface area contributed by atoms with Crippen molar-refractivity contribution in [2.45, 2.75) is 52.5 Å². The van der Waals surface area contributed by atoms with Crippen molar-refractivity contribution in [1.82, 2.24) is 9.80 Å². The van der Waals surface area contributed by atoms with Gasteiger partial charge in [-0.25, -0.2) is 0 Å². The molecule has 0 aliphatic carbocycles. The predicted octanol–water partition coefficient (Wildman–Crippen LogP) is 4.06. The number of carbonyl (C=O) groups excluding carboxylic acids is 1. The Bertz CT molecular complexity index is 594. The van der Waals surface area contributed by atoms with E-state index >= 15 is 0 Å². The molecule has 0 radical (unpaired) electrons. The van der Waals surface area contributed by atoms with Crippen LogP contribution in [0.2, 0.25) is 0 Å². The van der Waals surface area contributed by atoms with Crippen molar-refractivity contribution in [2.24, 2.45) is 11.8 Å². The maximum absolute atomic E-state index is 13.0. The number of piperidine rings is 2. The van der Waals surface area contributed by atoms with Crippen LogP contribution in [0.3, 0.4) is 0 Å². The van der Waals surface area contributed by atoms with Crippen LogP contribution in [-0.4, -0.2) is 54.5 Å². The summed E-state index contributed by atoms with van der Waals surface area (Å²) in [5, 5.41) is 0. The maximum Gasteiger partial charge on any atom is 0.257 e. The van der Waals surface area contributed by atoms with E-state index in [1.54, 1.807) is 0 Å². The van der Waals surface area contributed by atoms with Crippen LogP contribution in [0, 0.1) is 11.8 Å². The summed E-state index contributed by atoms with van der Waals surface area (Å²) in [4.78, 5) is 17.5. The molecule has 1 unspecified atom stereocenters. The third-order valence-corrected chi connectivity index (χ3v) is 5.94. The summed E-state index contributed by atoms with van der Waals surface area (Å²) in [6.45, 7) is 11.5. The minimum absolute atomic E-state index is 0.125. The van der Waals surface area contributed by atoms with E-state index in [2.05, 4.69) is 25.7 Å². The summed E-state index contributed by atoms with van der Waals surface area (Å²) in [6, 6.07) is 8.35. The van der Waals surface area contributed by atoms with Crippen LogP contribution in [0.5, 0.6) is 5.75 Å². The lowest BCUT2D eigenvalue weighted by Crippen LogP contribution is -2.41. The molecule has 0 bridgehead atoms. The Balaban J connectivity index is 1.61. The van der Waals surface area contributed by atoms with Gasteiger partial charge in [0.2, 0.25) is 0 Å². The second kappa shape index (κ2) is 8.90. The third kappa shape index (κ3) is 4.79. The number of para-hydroxylation sites is 1. The van der Waals surface area contributed by atoms with Gasteiger partial charge in [-0.15, -0.1) is 0 Å². The molecule has 144 valence electrons. The fraction of sp³-hybridized carbons (Fsp3) is 0.682. The Morgan fingerprint density at radius 3 is 2.62 bits per heavy atom. The normalized spacial score (nSPS) is 22.6. The van der Waals surface area contributed by atoms with E-state index in [0.717, 1.165) is 49.7 Å². The first-order chi connectivity index (χ1) is 12.5. The highest BCUT2D eigenvalue weighted by molar-refractivity contribution is 5.97. The Morgan fingerprint density at radius 1 is 1.15 bits per heavy atom. The Labute approximate surface area is 158 Å². The molecular weight excluding hydrogens is 324 g/mol. The zero-order chi connectivity index (χ0) is 18.5. The van der Waals surface area contributed by atoms with E-state index in [1.807, 2.05) is 29.2 Å².